The predicted octanol–water partition coefficient (Wildman–Crippen LogP) is -3.47. The molecule has 4 nitrogen and oxygen atoms in total. The molecule has 0 aromatic heterocycles. The molecule has 0 heterocycles. The summed E-state index contributed by atoms with van der Waals surface area (Å²) in [5.41, 5.74) is 10.4. The number of rotatable bonds is 5. The number of aliphatic carboxylic acids is 1. The van der Waals surface area contributed by atoms with Gasteiger partial charge in [-0.2, -0.15) is 0 Å². The Morgan fingerprint density at radius 3 is 2.36 bits per heavy atom. The molecule has 0 aromatic rings. The topological polar surface area (TPSA) is 89.3 Å². The molecule has 0 saturated carbocycles. The van der Waals surface area contributed by atoms with Crippen LogP contribution in [0.1, 0.15) is 19.3 Å². The summed E-state index contributed by atoms with van der Waals surface area (Å²) >= 11 is 0. The van der Waals surface area contributed by atoms with Crippen LogP contribution < -0.4 is 28.4 Å². The van der Waals surface area contributed by atoms with Crippen LogP contribution in [-0.2, 0) is 4.79 Å². The van der Waals surface area contributed by atoms with E-state index in [9.17, 15) is 4.79 Å². The minimum atomic E-state index is -0.933. The van der Waals surface area contributed by atoms with E-state index in [4.69, 9.17) is 16.6 Å². The van der Waals surface area contributed by atoms with Crippen molar-refractivity contribution in [2.24, 2.45) is 11.5 Å². The first kappa shape index (κ1) is 13.5. The fraction of sp³-hybridized carbons (Fsp3) is 0.833. The summed E-state index contributed by atoms with van der Waals surface area (Å²) in [4.78, 5) is 10.1. The summed E-state index contributed by atoms with van der Waals surface area (Å²) in [7, 11) is 0. The maximum atomic E-state index is 10.1. The van der Waals surface area contributed by atoms with E-state index in [0.717, 1.165) is 12.8 Å². The first-order valence-corrected chi connectivity index (χ1v) is 3.37. The van der Waals surface area contributed by atoms with Gasteiger partial charge in [0, 0.05) is 0 Å². The average Bonchev–Trinajstić information content (AvgIpc) is 1.88. The zero-order valence-corrected chi connectivity index (χ0v) is 7.88. The first-order valence-electron chi connectivity index (χ1n) is 3.37. The van der Waals surface area contributed by atoms with E-state index < -0.39 is 12.0 Å². The maximum Gasteiger partial charge on any atom is 0.320 e. The molecule has 0 bridgehead atoms. The number of nitrogens with two attached hydrogens (primary N) is 2. The molecule has 1 atom stereocenters. The second kappa shape index (κ2) is 7.97. The van der Waals surface area contributed by atoms with Gasteiger partial charge in [0.1, 0.15) is 6.04 Å². The molecule has 1 unspecified atom stereocenters. The minimum absolute atomic E-state index is 0. The number of carbonyl (C=O) groups is 1. The van der Waals surface area contributed by atoms with E-state index in [-0.39, 0.29) is 17.0 Å². The van der Waals surface area contributed by atoms with Crippen molar-refractivity contribution in [3.8, 4) is 0 Å². The fourth-order valence-corrected chi connectivity index (χ4v) is 0.632. The van der Waals surface area contributed by atoms with Gasteiger partial charge in [-0.15, -0.1) is 0 Å². The van der Waals surface area contributed by atoms with Crippen LogP contribution in [0.2, 0.25) is 0 Å². The van der Waals surface area contributed by atoms with E-state index in [1.54, 1.807) is 0 Å². The summed E-state index contributed by atoms with van der Waals surface area (Å²) in [5, 5.41) is 8.33. The van der Waals surface area contributed by atoms with Gasteiger partial charge in [-0.05, 0) is 19.4 Å². The smallest absolute Gasteiger partial charge is 0.320 e. The molecule has 0 aliphatic rings. The zero-order chi connectivity index (χ0) is 7.98. The minimum Gasteiger partial charge on any atom is -1.00 e. The number of hydrogen-bond acceptors (Lipinski definition) is 3. The number of hydrogen-bond donors (Lipinski definition) is 3. The average molecular weight is 226 g/mol. The normalized spacial score (nSPS) is 11.8. The number of carboxylic acid groups (broad SMARTS) is 1. The lowest BCUT2D eigenvalue weighted by Crippen LogP contribution is -3.00. The highest BCUT2D eigenvalue weighted by molar-refractivity contribution is 5.72. The Balaban J connectivity index is 0. The second-order valence-electron chi connectivity index (χ2n) is 2.23. The van der Waals surface area contributed by atoms with Crippen molar-refractivity contribution in [1.29, 1.82) is 0 Å². The van der Waals surface area contributed by atoms with Gasteiger partial charge in [0.25, 0.3) is 0 Å². The van der Waals surface area contributed by atoms with E-state index in [1.807, 2.05) is 0 Å². The Bertz CT molecular complexity index is 111. The van der Waals surface area contributed by atoms with Crippen molar-refractivity contribution >= 4 is 5.97 Å². The third-order valence-electron chi connectivity index (χ3n) is 1.29. The molecule has 5 heteroatoms. The summed E-state index contributed by atoms with van der Waals surface area (Å²) in [6, 6.07) is -0.716. The zero-order valence-electron chi connectivity index (χ0n) is 6.29. The molecule has 68 valence electrons. The molecule has 0 aromatic carbocycles. The van der Waals surface area contributed by atoms with Crippen LogP contribution in [0.4, 0.5) is 0 Å². The van der Waals surface area contributed by atoms with Crippen molar-refractivity contribution in [2.75, 3.05) is 6.54 Å². The van der Waals surface area contributed by atoms with E-state index >= 15 is 0 Å². The van der Waals surface area contributed by atoms with Crippen LogP contribution in [0.25, 0.3) is 0 Å². The van der Waals surface area contributed by atoms with Gasteiger partial charge in [0.2, 0.25) is 0 Å². The van der Waals surface area contributed by atoms with Crippen LogP contribution in [0.3, 0.4) is 0 Å². The lowest BCUT2D eigenvalue weighted by Gasteiger charge is -2.03. The number of halogens is 1. The van der Waals surface area contributed by atoms with Crippen LogP contribution in [0, 0.1) is 0 Å². The number of carboxylic acids is 1. The predicted molar refractivity (Wildman–Crippen MR) is 38.5 cm³/mol. The van der Waals surface area contributed by atoms with Crippen molar-refractivity contribution in [3.05, 3.63) is 0 Å². The van der Waals surface area contributed by atoms with Gasteiger partial charge in [0.05, 0.1) is 0 Å². The summed E-state index contributed by atoms with van der Waals surface area (Å²) in [5.74, 6) is -0.933. The SMILES string of the molecule is NCCCCC(N)C(=O)O.[Br-]. The lowest BCUT2D eigenvalue weighted by atomic mass is 10.1. The second-order valence-corrected chi connectivity index (χ2v) is 2.23. The van der Waals surface area contributed by atoms with Gasteiger partial charge in [-0.3, -0.25) is 4.79 Å². The molecule has 0 saturated heterocycles. The Morgan fingerprint density at radius 1 is 1.45 bits per heavy atom. The Morgan fingerprint density at radius 2 is 2.00 bits per heavy atom. The van der Waals surface area contributed by atoms with E-state index in [0.29, 0.717) is 13.0 Å². The Labute approximate surface area is 76.7 Å². The molecule has 0 spiro atoms. The maximum absolute atomic E-state index is 10.1. The molecular weight excluding hydrogens is 212 g/mol. The van der Waals surface area contributed by atoms with Crippen molar-refractivity contribution in [2.45, 2.75) is 25.3 Å². The summed E-state index contributed by atoms with van der Waals surface area (Å²) in [6.07, 6.45) is 2.16. The largest absolute Gasteiger partial charge is 1.00 e. The quantitative estimate of drug-likeness (QED) is 0.425. The van der Waals surface area contributed by atoms with Gasteiger partial charge in [-0.1, -0.05) is 6.42 Å². The molecule has 0 rings (SSSR count). The van der Waals surface area contributed by atoms with Crippen molar-refractivity contribution in [1.82, 2.24) is 0 Å². The third-order valence-corrected chi connectivity index (χ3v) is 1.29. The van der Waals surface area contributed by atoms with Crippen LogP contribution >= 0.6 is 0 Å². The molecule has 0 aliphatic carbocycles. The Kier molecular flexibility index (Phi) is 9.75. The molecule has 5 N–H and O–H groups in total. The van der Waals surface area contributed by atoms with E-state index in [1.165, 1.54) is 0 Å². The lowest BCUT2D eigenvalue weighted by molar-refractivity contribution is -0.138. The highest BCUT2D eigenvalue weighted by Crippen LogP contribution is 1.96. The van der Waals surface area contributed by atoms with Crippen LogP contribution in [0.5, 0.6) is 0 Å². The molecular formula is C6H14BrN2O2-. The molecule has 0 fully saturated rings. The fourth-order valence-electron chi connectivity index (χ4n) is 0.632. The molecule has 0 amide bonds. The molecule has 11 heavy (non-hydrogen) atoms. The highest BCUT2D eigenvalue weighted by atomic mass is 79.9. The van der Waals surface area contributed by atoms with Crippen LogP contribution in [0.15, 0.2) is 0 Å². The van der Waals surface area contributed by atoms with Crippen LogP contribution in [-0.4, -0.2) is 23.7 Å². The Hall–Kier alpha value is -0.130. The summed E-state index contributed by atoms with van der Waals surface area (Å²) < 4.78 is 0. The molecule has 0 aliphatic heterocycles. The first-order chi connectivity index (χ1) is 4.68. The molecule has 0 radical (unpaired) electrons. The van der Waals surface area contributed by atoms with Gasteiger partial charge >= 0.3 is 5.97 Å². The number of unbranched alkanes of at least 4 members (excludes halogenated alkanes) is 1. The third kappa shape index (κ3) is 7.77. The van der Waals surface area contributed by atoms with E-state index in [2.05, 4.69) is 0 Å². The standard InChI is InChI=1S/C6H14N2O2.BrH/c7-4-2-1-3-5(8)6(9)10;/h5H,1-4,7-8H2,(H,9,10);1H/p-1. The van der Waals surface area contributed by atoms with Gasteiger partial charge < -0.3 is 33.6 Å². The summed E-state index contributed by atoms with van der Waals surface area (Å²) in [6.45, 7) is 0.604. The monoisotopic (exact) mass is 225 g/mol. The highest BCUT2D eigenvalue weighted by Gasteiger charge is 2.09. The van der Waals surface area contributed by atoms with Crippen molar-refractivity contribution in [3.63, 3.8) is 0 Å². The van der Waals surface area contributed by atoms with Crippen molar-refractivity contribution < 1.29 is 26.9 Å². The van der Waals surface area contributed by atoms with Gasteiger partial charge in [0.15, 0.2) is 0 Å². The van der Waals surface area contributed by atoms with Gasteiger partial charge in [-0.25, -0.2) is 0 Å².